The maximum atomic E-state index is 5.01. The van der Waals surface area contributed by atoms with Crippen LogP contribution >= 0.6 is 11.3 Å². The number of nitrogens with one attached hydrogen (secondary N) is 1. The van der Waals surface area contributed by atoms with Gasteiger partial charge in [0.15, 0.2) is 5.84 Å². The van der Waals surface area contributed by atoms with E-state index in [1.165, 1.54) is 42.4 Å². The standard InChI is InChI=1S/C39H27N3S/c1-4-11-26(12-5-1)29-17-10-18-30(23-29)31-20-22-35-34(24-31)33-21-19-32(25-36(33)43-35)39-41-37(27-13-6-2-7-14-27)40-38(42-39)28-15-8-3-9-16-28/h1-25,37H,(H,40,41,42). The second-order valence-electron chi connectivity index (χ2n) is 10.7. The molecule has 2 heterocycles. The predicted molar refractivity (Wildman–Crippen MR) is 182 cm³/mol. The Balaban J connectivity index is 1.17. The monoisotopic (exact) mass is 569 g/mol. The maximum Gasteiger partial charge on any atom is 0.159 e. The maximum absolute atomic E-state index is 5.01. The van der Waals surface area contributed by atoms with Gasteiger partial charge in [-0.2, -0.15) is 0 Å². The van der Waals surface area contributed by atoms with Gasteiger partial charge in [-0.25, -0.2) is 9.98 Å². The predicted octanol–water partition coefficient (Wildman–Crippen LogP) is 9.88. The summed E-state index contributed by atoms with van der Waals surface area (Å²) >= 11 is 1.83. The molecule has 204 valence electrons. The average Bonchev–Trinajstić information content (AvgIpc) is 3.46. The number of amidine groups is 2. The van der Waals surface area contributed by atoms with E-state index in [0.717, 1.165) is 28.4 Å². The second-order valence-corrected chi connectivity index (χ2v) is 11.8. The first-order valence-electron chi connectivity index (χ1n) is 14.4. The third-order valence-electron chi connectivity index (χ3n) is 7.94. The minimum atomic E-state index is -0.212. The van der Waals surface area contributed by atoms with Crippen LogP contribution in [0, 0.1) is 0 Å². The molecule has 0 saturated carbocycles. The van der Waals surface area contributed by atoms with Crippen molar-refractivity contribution in [1.29, 1.82) is 0 Å². The van der Waals surface area contributed by atoms with E-state index in [2.05, 4.69) is 133 Å². The lowest BCUT2D eigenvalue weighted by atomic mass is 9.98. The third kappa shape index (κ3) is 4.92. The van der Waals surface area contributed by atoms with Gasteiger partial charge < -0.3 is 5.32 Å². The number of benzene rings is 6. The number of hydrogen-bond donors (Lipinski definition) is 1. The summed E-state index contributed by atoms with van der Waals surface area (Å²) in [4.78, 5) is 9.99. The van der Waals surface area contributed by atoms with E-state index >= 15 is 0 Å². The molecule has 0 amide bonds. The van der Waals surface area contributed by atoms with E-state index in [0.29, 0.717) is 0 Å². The van der Waals surface area contributed by atoms with Crippen molar-refractivity contribution in [3.8, 4) is 22.3 Å². The molecule has 1 N–H and O–H groups in total. The summed E-state index contributed by atoms with van der Waals surface area (Å²) in [5.41, 5.74) is 8.07. The van der Waals surface area contributed by atoms with Gasteiger partial charge >= 0.3 is 0 Å². The van der Waals surface area contributed by atoms with Crippen LogP contribution < -0.4 is 5.32 Å². The highest BCUT2D eigenvalue weighted by Crippen LogP contribution is 2.38. The lowest BCUT2D eigenvalue weighted by molar-refractivity contribution is 0.674. The second kappa shape index (κ2) is 10.8. The van der Waals surface area contributed by atoms with Crippen LogP contribution in [0.5, 0.6) is 0 Å². The number of hydrogen-bond acceptors (Lipinski definition) is 4. The summed E-state index contributed by atoms with van der Waals surface area (Å²) < 4.78 is 2.52. The molecule has 1 atom stereocenters. The van der Waals surface area contributed by atoms with Crippen LogP contribution in [0.2, 0.25) is 0 Å². The zero-order valence-electron chi connectivity index (χ0n) is 23.3. The summed E-state index contributed by atoms with van der Waals surface area (Å²) in [6.45, 7) is 0. The van der Waals surface area contributed by atoms with E-state index in [1.54, 1.807) is 0 Å². The molecule has 3 nitrogen and oxygen atoms in total. The Morgan fingerprint density at radius 1 is 0.465 bits per heavy atom. The molecule has 0 spiro atoms. The minimum Gasteiger partial charge on any atom is -0.344 e. The Morgan fingerprint density at radius 3 is 1.86 bits per heavy atom. The molecule has 4 heteroatoms. The van der Waals surface area contributed by atoms with Crippen molar-refractivity contribution >= 4 is 43.2 Å². The first kappa shape index (κ1) is 25.4. The topological polar surface area (TPSA) is 36.8 Å². The van der Waals surface area contributed by atoms with Crippen LogP contribution in [0.4, 0.5) is 0 Å². The third-order valence-corrected chi connectivity index (χ3v) is 9.07. The van der Waals surface area contributed by atoms with E-state index in [1.807, 2.05) is 35.6 Å². The average molecular weight is 570 g/mol. The van der Waals surface area contributed by atoms with E-state index < -0.39 is 0 Å². The van der Waals surface area contributed by atoms with Gasteiger partial charge in [0.2, 0.25) is 0 Å². The zero-order chi connectivity index (χ0) is 28.6. The van der Waals surface area contributed by atoms with Crippen molar-refractivity contribution in [2.75, 3.05) is 0 Å². The van der Waals surface area contributed by atoms with Crippen molar-refractivity contribution in [1.82, 2.24) is 5.32 Å². The highest BCUT2D eigenvalue weighted by molar-refractivity contribution is 7.25. The summed E-state index contributed by atoms with van der Waals surface area (Å²) in [5.74, 6) is 1.57. The Labute approximate surface area is 254 Å². The van der Waals surface area contributed by atoms with Crippen LogP contribution in [0.15, 0.2) is 162 Å². The van der Waals surface area contributed by atoms with Gasteiger partial charge in [0.05, 0.1) is 0 Å². The van der Waals surface area contributed by atoms with Crippen molar-refractivity contribution in [3.05, 3.63) is 168 Å². The van der Waals surface area contributed by atoms with Gasteiger partial charge in [-0.1, -0.05) is 127 Å². The van der Waals surface area contributed by atoms with Crippen molar-refractivity contribution < 1.29 is 0 Å². The number of thiophene rings is 1. The summed E-state index contributed by atoms with van der Waals surface area (Å²) in [5, 5.41) is 6.14. The van der Waals surface area contributed by atoms with Crippen molar-refractivity contribution in [3.63, 3.8) is 0 Å². The smallest absolute Gasteiger partial charge is 0.159 e. The fourth-order valence-corrected chi connectivity index (χ4v) is 6.86. The summed E-state index contributed by atoms with van der Waals surface area (Å²) in [7, 11) is 0. The minimum absolute atomic E-state index is 0.212. The van der Waals surface area contributed by atoms with Gasteiger partial charge in [-0.3, -0.25) is 0 Å². The number of aliphatic imine (C=N–C) groups is 2. The first-order chi connectivity index (χ1) is 21.3. The molecule has 1 unspecified atom stereocenters. The lowest BCUT2D eigenvalue weighted by Crippen LogP contribution is -2.33. The molecule has 1 aromatic heterocycles. The molecule has 8 rings (SSSR count). The van der Waals surface area contributed by atoms with Gasteiger partial charge in [0.1, 0.15) is 12.0 Å². The van der Waals surface area contributed by atoms with Crippen LogP contribution in [0.25, 0.3) is 42.4 Å². The Morgan fingerprint density at radius 2 is 1.09 bits per heavy atom. The zero-order valence-corrected chi connectivity index (χ0v) is 24.1. The molecule has 7 aromatic rings. The van der Waals surface area contributed by atoms with E-state index in [4.69, 9.17) is 9.98 Å². The quantitative estimate of drug-likeness (QED) is 0.220. The van der Waals surface area contributed by atoms with Crippen LogP contribution in [-0.2, 0) is 0 Å². The first-order valence-corrected chi connectivity index (χ1v) is 15.3. The normalized spacial score (nSPS) is 14.7. The molecule has 43 heavy (non-hydrogen) atoms. The largest absolute Gasteiger partial charge is 0.344 e. The van der Waals surface area contributed by atoms with Crippen LogP contribution in [0.1, 0.15) is 22.9 Å². The lowest BCUT2D eigenvalue weighted by Gasteiger charge is -2.23. The molecule has 0 aliphatic carbocycles. The van der Waals surface area contributed by atoms with Crippen molar-refractivity contribution in [2.45, 2.75) is 6.17 Å². The number of nitrogens with zero attached hydrogens (tertiary/aromatic N) is 2. The molecule has 0 saturated heterocycles. The highest BCUT2D eigenvalue weighted by Gasteiger charge is 2.21. The van der Waals surface area contributed by atoms with Gasteiger partial charge in [-0.15, -0.1) is 11.3 Å². The molecular formula is C39H27N3S. The van der Waals surface area contributed by atoms with Crippen LogP contribution in [-0.4, -0.2) is 11.7 Å². The summed E-state index contributed by atoms with van der Waals surface area (Å²) in [6.07, 6.45) is -0.212. The molecule has 0 radical (unpaired) electrons. The van der Waals surface area contributed by atoms with Gasteiger partial charge in [-0.05, 0) is 52.1 Å². The van der Waals surface area contributed by atoms with E-state index in [-0.39, 0.29) is 6.17 Å². The number of fused-ring (bicyclic) bond motifs is 3. The van der Waals surface area contributed by atoms with Crippen molar-refractivity contribution in [2.24, 2.45) is 9.98 Å². The molecule has 6 aromatic carbocycles. The fraction of sp³-hybridized carbons (Fsp3) is 0.0256. The summed E-state index contributed by atoms with van der Waals surface area (Å²) in [6, 6.07) is 53.4. The van der Waals surface area contributed by atoms with E-state index in [9.17, 15) is 0 Å². The Hall–Kier alpha value is -5.32. The molecule has 1 aliphatic rings. The molecule has 0 fully saturated rings. The highest BCUT2D eigenvalue weighted by atomic mass is 32.1. The molecule has 0 bridgehead atoms. The Bertz CT molecular complexity index is 2150. The molecular weight excluding hydrogens is 543 g/mol. The molecule has 1 aliphatic heterocycles. The Kier molecular flexibility index (Phi) is 6.39. The SMILES string of the molecule is c1ccc(C2=NC(c3ccccc3)NC(c3ccc4c(c3)sc3ccc(-c5cccc(-c6ccccc6)c5)cc34)=N2)cc1. The van der Waals surface area contributed by atoms with Gasteiger partial charge in [0.25, 0.3) is 0 Å². The fourth-order valence-electron chi connectivity index (χ4n) is 5.73. The van der Waals surface area contributed by atoms with Gasteiger partial charge in [0, 0.05) is 31.3 Å². The van der Waals surface area contributed by atoms with Crippen LogP contribution in [0.3, 0.4) is 0 Å². The number of rotatable bonds is 5.